The number of benzene rings is 1. The van der Waals surface area contributed by atoms with Crippen LogP contribution < -0.4 is 10.2 Å². The van der Waals surface area contributed by atoms with Gasteiger partial charge in [0, 0.05) is 13.2 Å². The second kappa shape index (κ2) is 8.67. The minimum atomic E-state index is -4.53. The third kappa shape index (κ3) is 4.15. The Morgan fingerprint density at radius 1 is 1.20 bits per heavy atom. The summed E-state index contributed by atoms with van der Waals surface area (Å²) < 4.78 is 53.6. The molecule has 8 nitrogen and oxygen atoms in total. The number of likely N-dealkylation sites (tertiary alicyclic amines) is 1. The second-order valence-corrected chi connectivity index (χ2v) is 8.79. The van der Waals surface area contributed by atoms with Gasteiger partial charge < -0.3 is 15.1 Å². The molecule has 2 aliphatic heterocycles. The minimum absolute atomic E-state index is 0.00346. The highest BCUT2D eigenvalue weighted by Gasteiger charge is 2.62. The van der Waals surface area contributed by atoms with Crippen LogP contribution >= 0.6 is 11.6 Å². The minimum Gasteiger partial charge on any atom is -0.341 e. The van der Waals surface area contributed by atoms with Crippen LogP contribution in [0.2, 0.25) is 5.02 Å². The zero-order valence-electron chi connectivity index (χ0n) is 18.6. The fourth-order valence-corrected chi connectivity index (χ4v) is 4.66. The first-order chi connectivity index (χ1) is 16.4. The Bertz CT molecular complexity index is 1180. The number of alkyl halides is 3. The second-order valence-electron chi connectivity index (χ2n) is 8.35. The molecule has 2 saturated heterocycles. The van der Waals surface area contributed by atoms with Crippen LogP contribution in [0.15, 0.2) is 36.5 Å². The van der Waals surface area contributed by atoms with E-state index in [-0.39, 0.29) is 23.9 Å². The number of urea groups is 1. The van der Waals surface area contributed by atoms with Crippen LogP contribution in [0.4, 0.5) is 28.2 Å². The quantitative estimate of drug-likeness (QED) is 0.639. The predicted octanol–water partition coefficient (Wildman–Crippen LogP) is 3.22. The molecule has 0 bridgehead atoms. The van der Waals surface area contributed by atoms with Gasteiger partial charge in [-0.3, -0.25) is 14.5 Å². The molecule has 4 amide bonds. The summed E-state index contributed by atoms with van der Waals surface area (Å²) in [7, 11) is 1.41. The maximum atomic E-state index is 14.6. The van der Waals surface area contributed by atoms with Crippen LogP contribution in [0, 0.1) is 5.82 Å². The van der Waals surface area contributed by atoms with Crippen LogP contribution in [-0.4, -0.2) is 64.9 Å². The molecule has 2 fully saturated rings. The summed E-state index contributed by atoms with van der Waals surface area (Å²) in [5, 5.41) is 2.44. The molecule has 35 heavy (non-hydrogen) atoms. The fourth-order valence-electron chi connectivity index (χ4n) is 4.51. The number of pyridine rings is 1. The molecule has 1 atom stereocenters. The zero-order chi connectivity index (χ0) is 25.7. The van der Waals surface area contributed by atoms with Gasteiger partial charge in [0.05, 0.1) is 29.7 Å². The Hall–Kier alpha value is -3.41. The summed E-state index contributed by atoms with van der Waals surface area (Å²) in [6.07, 6.45) is -3.39. The van der Waals surface area contributed by atoms with E-state index >= 15 is 0 Å². The normalized spacial score (nSPS) is 18.5. The lowest BCUT2D eigenvalue weighted by Crippen LogP contribution is -2.82. The van der Waals surface area contributed by atoms with Crippen LogP contribution in [0.3, 0.4) is 0 Å². The Morgan fingerprint density at radius 2 is 1.83 bits per heavy atom. The summed E-state index contributed by atoms with van der Waals surface area (Å²) >= 11 is 5.75. The van der Waals surface area contributed by atoms with Gasteiger partial charge in [-0.25, -0.2) is 14.2 Å². The fraction of sp³-hybridized carbons (Fsp3) is 0.364. The number of aromatic nitrogens is 1. The molecule has 4 rings (SSSR count). The molecule has 2 aromatic rings. The molecule has 0 radical (unpaired) electrons. The first-order valence-corrected chi connectivity index (χ1v) is 10.9. The Labute approximate surface area is 202 Å². The molecule has 2 aliphatic rings. The van der Waals surface area contributed by atoms with Gasteiger partial charge in [-0.2, -0.15) is 13.2 Å². The van der Waals surface area contributed by atoms with Crippen molar-refractivity contribution in [1.82, 2.24) is 20.1 Å². The molecule has 0 saturated carbocycles. The number of hydrogen-bond donors (Lipinski definition) is 1. The molecule has 1 spiro atoms. The average Bonchev–Trinajstić information content (AvgIpc) is 2.77. The smallest absolute Gasteiger partial charge is 0.341 e. The van der Waals surface area contributed by atoms with Crippen LogP contribution in [-0.2, 0) is 15.8 Å². The van der Waals surface area contributed by atoms with Crippen molar-refractivity contribution in [3.05, 3.63) is 58.5 Å². The van der Waals surface area contributed by atoms with Crippen molar-refractivity contribution < 1.29 is 31.9 Å². The summed E-state index contributed by atoms with van der Waals surface area (Å²) in [4.78, 5) is 46.5. The number of piperazine rings is 1. The van der Waals surface area contributed by atoms with E-state index in [1.165, 1.54) is 29.0 Å². The molecule has 13 heteroatoms. The van der Waals surface area contributed by atoms with Gasteiger partial charge in [-0.05, 0) is 30.7 Å². The summed E-state index contributed by atoms with van der Waals surface area (Å²) in [6, 6.07) is 3.93. The number of anilines is 1. The number of rotatable bonds is 3. The number of carbonyl (C=O) groups is 3. The lowest BCUT2D eigenvalue weighted by Gasteiger charge is -2.59. The van der Waals surface area contributed by atoms with Gasteiger partial charge in [-0.15, -0.1) is 0 Å². The molecule has 0 aliphatic carbocycles. The van der Waals surface area contributed by atoms with Gasteiger partial charge in [0.1, 0.15) is 6.54 Å². The first kappa shape index (κ1) is 24.7. The Balaban J connectivity index is 1.72. The van der Waals surface area contributed by atoms with Crippen molar-refractivity contribution in [3.8, 4) is 0 Å². The van der Waals surface area contributed by atoms with Crippen molar-refractivity contribution >= 4 is 35.3 Å². The van der Waals surface area contributed by atoms with E-state index in [2.05, 4.69) is 10.3 Å². The van der Waals surface area contributed by atoms with E-state index < -0.39 is 53.5 Å². The van der Waals surface area contributed by atoms with Gasteiger partial charge >= 0.3 is 12.2 Å². The van der Waals surface area contributed by atoms with E-state index in [1.54, 1.807) is 6.92 Å². The van der Waals surface area contributed by atoms with E-state index in [0.717, 1.165) is 29.3 Å². The molecule has 0 unspecified atom stereocenters. The molecule has 1 N–H and O–H groups in total. The molecule has 1 aromatic heterocycles. The van der Waals surface area contributed by atoms with Crippen molar-refractivity contribution in [3.63, 3.8) is 0 Å². The first-order valence-electron chi connectivity index (χ1n) is 10.5. The molecular formula is C22H20ClF4N5O3. The van der Waals surface area contributed by atoms with E-state index in [4.69, 9.17) is 11.6 Å². The summed E-state index contributed by atoms with van der Waals surface area (Å²) in [5.41, 5.74) is -2.05. The van der Waals surface area contributed by atoms with Gasteiger partial charge in [0.15, 0.2) is 17.2 Å². The number of nitrogens with one attached hydrogen (secondary N) is 1. The third-order valence-corrected chi connectivity index (χ3v) is 6.43. The van der Waals surface area contributed by atoms with Crippen LogP contribution in [0.25, 0.3) is 0 Å². The monoisotopic (exact) mass is 513 g/mol. The molecule has 1 aromatic carbocycles. The van der Waals surface area contributed by atoms with Crippen molar-refractivity contribution in [2.75, 3.05) is 31.6 Å². The third-order valence-electron chi connectivity index (χ3n) is 6.22. The highest BCUT2D eigenvalue weighted by atomic mass is 35.5. The Kier molecular flexibility index (Phi) is 6.12. The number of halogens is 5. The van der Waals surface area contributed by atoms with Gasteiger partial charge in [0.2, 0.25) is 5.91 Å². The number of nitrogens with zero attached hydrogens (tertiary/aromatic N) is 4. The van der Waals surface area contributed by atoms with Crippen LogP contribution in [0.5, 0.6) is 0 Å². The van der Waals surface area contributed by atoms with E-state index in [9.17, 15) is 31.9 Å². The summed E-state index contributed by atoms with van der Waals surface area (Å²) in [6.45, 7) is 0.661. The zero-order valence-corrected chi connectivity index (χ0v) is 19.3. The number of carbonyl (C=O) groups excluding carboxylic acids is 3. The van der Waals surface area contributed by atoms with Gasteiger partial charge in [-0.1, -0.05) is 23.7 Å². The number of amides is 4. The molecule has 186 valence electrons. The number of hydrogen-bond acceptors (Lipinski definition) is 4. The van der Waals surface area contributed by atoms with Crippen LogP contribution in [0.1, 0.15) is 24.1 Å². The van der Waals surface area contributed by atoms with Crippen molar-refractivity contribution in [2.45, 2.75) is 24.7 Å². The highest BCUT2D eigenvalue weighted by molar-refractivity contribution is 6.30. The van der Waals surface area contributed by atoms with Crippen molar-refractivity contribution in [2.24, 2.45) is 0 Å². The lowest BCUT2D eigenvalue weighted by molar-refractivity contribution is -0.164. The highest BCUT2D eigenvalue weighted by Crippen LogP contribution is 2.41. The Morgan fingerprint density at radius 3 is 2.37 bits per heavy atom. The topological polar surface area (TPSA) is 85.9 Å². The lowest BCUT2D eigenvalue weighted by atomic mass is 9.81. The molecular weight excluding hydrogens is 494 g/mol. The predicted molar refractivity (Wildman–Crippen MR) is 117 cm³/mol. The standard InChI is InChI=1S/C22H20ClF4N5O3/c1-12(13-3-5-14(6-4-13)22(25,26)27)32-17(33)9-31(18-16(24)7-15(23)8-29-18)19(34)21(32)10-30(11-21)20(35)28-2/h3-8,12H,9-11H2,1-2H3,(H,28,35)/t12-/m0/s1. The summed E-state index contributed by atoms with van der Waals surface area (Å²) in [5.74, 6) is -2.53. The van der Waals surface area contributed by atoms with E-state index in [0.29, 0.717) is 5.56 Å². The van der Waals surface area contributed by atoms with Gasteiger partial charge in [0.25, 0.3) is 5.91 Å². The average molecular weight is 514 g/mol. The maximum absolute atomic E-state index is 14.6. The van der Waals surface area contributed by atoms with E-state index in [1.807, 2.05) is 0 Å². The SMILES string of the molecule is CNC(=O)N1CC2(C1)C(=O)N(c1ncc(Cl)cc1F)CC(=O)N2[C@@H](C)c1ccc(C(F)(F)F)cc1. The van der Waals surface area contributed by atoms with Crippen molar-refractivity contribution in [1.29, 1.82) is 0 Å². The molecule has 3 heterocycles. The maximum Gasteiger partial charge on any atom is 0.416 e. The largest absolute Gasteiger partial charge is 0.416 e.